The molecule has 4 nitrogen and oxygen atoms in total. The van der Waals surface area contributed by atoms with Crippen molar-refractivity contribution in [3.63, 3.8) is 0 Å². The van der Waals surface area contributed by atoms with E-state index in [0.717, 1.165) is 12.4 Å². The van der Waals surface area contributed by atoms with E-state index in [1.165, 1.54) is 5.56 Å². The van der Waals surface area contributed by atoms with Crippen molar-refractivity contribution in [1.82, 2.24) is 10.9 Å². The normalized spacial score (nSPS) is 26.9. The van der Waals surface area contributed by atoms with Gasteiger partial charge in [0, 0.05) is 18.6 Å². The summed E-state index contributed by atoms with van der Waals surface area (Å²) in [7, 11) is 0. The summed E-state index contributed by atoms with van der Waals surface area (Å²) in [5, 5.41) is 9.46. The predicted molar refractivity (Wildman–Crippen MR) is 75.8 cm³/mol. The van der Waals surface area contributed by atoms with Crippen molar-refractivity contribution < 1.29 is 9.84 Å². The Labute approximate surface area is 115 Å². The number of benzene rings is 1. The van der Waals surface area contributed by atoms with Gasteiger partial charge in [-0.2, -0.15) is 0 Å². The standard InChI is InChI=1S/C15H24N2O2/c1-10(2)9-19-13-6-4-12(5-7-13)15-14(8-18)11(3)16-17-15/h4-7,10-11,14-18H,8-9H2,1-3H3. The SMILES string of the molecule is CC(C)COc1ccc(C2NNC(C)C2CO)cc1. The Hall–Kier alpha value is -1.10. The number of aliphatic hydroxyl groups is 1. The molecule has 0 aromatic heterocycles. The third kappa shape index (κ3) is 3.47. The average molecular weight is 264 g/mol. The summed E-state index contributed by atoms with van der Waals surface area (Å²) in [4.78, 5) is 0. The van der Waals surface area contributed by atoms with Gasteiger partial charge in [0.05, 0.1) is 12.6 Å². The van der Waals surface area contributed by atoms with Crippen molar-refractivity contribution in [2.24, 2.45) is 11.8 Å². The van der Waals surface area contributed by atoms with Crippen LogP contribution in [0.1, 0.15) is 32.4 Å². The van der Waals surface area contributed by atoms with Gasteiger partial charge in [-0.3, -0.25) is 5.43 Å². The molecule has 3 unspecified atom stereocenters. The summed E-state index contributed by atoms with van der Waals surface area (Å²) < 4.78 is 5.67. The van der Waals surface area contributed by atoms with Gasteiger partial charge in [0.2, 0.25) is 0 Å². The zero-order chi connectivity index (χ0) is 13.8. The molecule has 106 valence electrons. The van der Waals surface area contributed by atoms with Gasteiger partial charge >= 0.3 is 0 Å². The van der Waals surface area contributed by atoms with Crippen molar-refractivity contribution >= 4 is 0 Å². The molecule has 3 N–H and O–H groups in total. The molecule has 2 rings (SSSR count). The molecule has 0 aliphatic carbocycles. The summed E-state index contributed by atoms with van der Waals surface area (Å²) in [6.45, 7) is 7.26. The van der Waals surface area contributed by atoms with Gasteiger partial charge in [-0.15, -0.1) is 0 Å². The topological polar surface area (TPSA) is 53.5 Å². The second kappa shape index (κ2) is 6.37. The quantitative estimate of drug-likeness (QED) is 0.760. The molecule has 1 aliphatic rings. The zero-order valence-electron chi connectivity index (χ0n) is 11.9. The number of aliphatic hydroxyl groups excluding tert-OH is 1. The third-order valence-corrected chi connectivity index (χ3v) is 3.57. The minimum atomic E-state index is 0.152. The summed E-state index contributed by atoms with van der Waals surface area (Å²) >= 11 is 0. The minimum Gasteiger partial charge on any atom is -0.493 e. The van der Waals surface area contributed by atoms with E-state index in [2.05, 4.69) is 43.8 Å². The monoisotopic (exact) mass is 264 g/mol. The van der Waals surface area contributed by atoms with Crippen LogP contribution in [-0.2, 0) is 0 Å². The minimum absolute atomic E-state index is 0.152. The smallest absolute Gasteiger partial charge is 0.119 e. The van der Waals surface area contributed by atoms with E-state index in [4.69, 9.17) is 4.74 Å². The highest BCUT2D eigenvalue weighted by atomic mass is 16.5. The summed E-state index contributed by atoms with van der Waals surface area (Å²) in [5.41, 5.74) is 7.60. The number of ether oxygens (including phenoxy) is 1. The predicted octanol–water partition coefficient (Wildman–Crippen LogP) is 1.87. The molecule has 3 atom stereocenters. The first kappa shape index (κ1) is 14.3. The summed E-state index contributed by atoms with van der Waals surface area (Å²) in [5.74, 6) is 1.62. The Balaban J connectivity index is 2.02. The van der Waals surface area contributed by atoms with Crippen molar-refractivity contribution in [1.29, 1.82) is 0 Å². The van der Waals surface area contributed by atoms with E-state index in [1.54, 1.807) is 0 Å². The van der Waals surface area contributed by atoms with Crippen molar-refractivity contribution in [3.8, 4) is 5.75 Å². The lowest BCUT2D eigenvalue weighted by Crippen LogP contribution is -2.29. The fourth-order valence-electron chi connectivity index (χ4n) is 2.35. The van der Waals surface area contributed by atoms with E-state index in [0.29, 0.717) is 5.92 Å². The van der Waals surface area contributed by atoms with E-state index in [-0.39, 0.29) is 24.6 Å². The Morgan fingerprint density at radius 1 is 1.21 bits per heavy atom. The van der Waals surface area contributed by atoms with Crippen LogP contribution >= 0.6 is 0 Å². The van der Waals surface area contributed by atoms with Crippen LogP contribution in [-0.4, -0.2) is 24.4 Å². The van der Waals surface area contributed by atoms with Crippen LogP contribution in [0.15, 0.2) is 24.3 Å². The van der Waals surface area contributed by atoms with Gasteiger partial charge in [0.15, 0.2) is 0 Å². The van der Waals surface area contributed by atoms with Gasteiger partial charge in [-0.1, -0.05) is 26.0 Å². The fraction of sp³-hybridized carbons (Fsp3) is 0.600. The molecule has 0 radical (unpaired) electrons. The molecule has 4 heteroatoms. The maximum absolute atomic E-state index is 9.46. The lowest BCUT2D eigenvalue weighted by molar-refractivity contribution is 0.204. The third-order valence-electron chi connectivity index (χ3n) is 3.57. The Kier molecular flexibility index (Phi) is 4.80. The molecule has 0 bridgehead atoms. The molecule has 0 spiro atoms. The van der Waals surface area contributed by atoms with E-state index < -0.39 is 0 Å². The molecule has 1 heterocycles. The van der Waals surface area contributed by atoms with Gasteiger partial charge < -0.3 is 9.84 Å². The van der Waals surface area contributed by atoms with Crippen LogP contribution in [0.5, 0.6) is 5.75 Å². The molecular weight excluding hydrogens is 240 g/mol. The maximum Gasteiger partial charge on any atom is 0.119 e. The Bertz CT molecular complexity index is 392. The van der Waals surface area contributed by atoms with Gasteiger partial charge in [0.25, 0.3) is 0 Å². The second-order valence-electron chi connectivity index (χ2n) is 5.68. The van der Waals surface area contributed by atoms with Gasteiger partial charge in [0.1, 0.15) is 5.75 Å². The van der Waals surface area contributed by atoms with Gasteiger partial charge in [-0.25, -0.2) is 5.43 Å². The Morgan fingerprint density at radius 2 is 1.89 bits per heavy atom. The number of hydrogen-bond acceptors (Lipinski definition) is 4. The summed E-state index contributed by atoms with van der Waals surface area (Å²) in [6, 6.07) is 8.55. The molecule has 1 aliphatic heterocycles. The number of nitrogens with one attached hydrogen (secondary N) is 2. The lowest BCUT2D eigenvalue weighted by Gasteiger charge is -2.19. The molecule has 19 heavy (non-hydrogen) atoms. The van der Waals surface area contributed by atoms with Crippen molar-refractivity contribution in [2.75, 3.05) is 13.2 Å². The summed E-state index contributed by atoms with van der Waals surface area (Å²) in [6.07, 6.45) is 0. The van der Waals surface area contributed by atoms with Crippen LogP contribution in [0.4, 0.5) is 0 Å². The van der Waals surface area contributed by atoms with Gasteiger partial charge in [-0.05, 0) is 30.5 Å². The fourth-order valence-corrected chi connectivity index (χ4v) is 2.35. The highest BCUT2D eigenvalue weighted by molar-refractivity contribution is 5.30. The Morgan fingerprint density at radius 3 is 2.47 bits per heavy atom. The van der Waals surface area contributed by atoms with Crippen LogP contribution in [0, 0.1) is 11.8 Å². The highest BCUT2D eigenvalue weighted by Crippen LogP contribution is 2.29. The van der Waals surface area contributed by atoms with E-state index in [9.17, 15) is 5.11 Å². The number of hydrogen-bond donors (Lipinski definition) is 3. The molecule has 1 aromatic carbocycles. The highest BCUT2D eigenvalue weighted by Gasteiger charge is 2.33. The first-order valence-electron chi connectivity index (χ1n) is 6.96. The van der Waals surface area contributed by atoms with Crippen LogP contribution in [0.2, 0.25) is 0 Å². The molecule has 0 saturated carbocycles. The largest absolute Gasteiger partial charge is 0.493 e. The zero-order valence-corrected chi connectivity index (χ0v) is 11.9. The second-order valence-corrected chi connectivity index (χ2v) is 5.68. The van der Waals surface area contributed by atoms with Crippen LogP contribution in [0.25, 0.3) is 0 Å². The molecule has 1 saturated heterocycles. The number of hydrazine groups is 1. The van der Waals surface area contributed by atoms with Crippen molar-refractivity contribution in [3.05, 3.63) is 29.8 Å². The van der Waals surface area contributed by atoms with E-state index >= 15 is 0 Å². The van der Waals surface area contributed by atoms with Crippen LogP contribution in [0.3, 0.4) is 0 Å². The van der Waals surface area contributed by atoms with E-state index in [1.807, 2.05) is 12.1 Å². The first-order valence-corrected chi connectivity index (χ1v) is 6.96. The van der Waals surface area contributed by atoms with Crippen molar-refractivity contribution in [2.45, 2.75) is 32.9 Å². The number of rotatable bonds is 5. The first-order chi connectivity index (χ1) is 9.11. The van der Waals surface area contributed by atoms with Crippen LogP contribution < -0.4 is 15.6 Å². The molecule has 1 fully saturated rings. The molecular formula is C15H24N2O2. The average Bonchev–Trinajstić information content (AvgIpc) is 2.78. The maximum atomic E-state index is 9.46. The molecule has 0 amide bonds. The lowest BCUT2D eigenvalue weighted by atomic mass is 9.91. The molecule has 1 aromatic rings.